The lowest BCUT2D eigenvalue weighted by atomic mass is 10.2. The van der Waals surface area contributed by atoms with Crippen molar-refractivity contribution >= 4 is 23.3 Å². The first-order valence-electron chi connectivity index (χ1n) is 5.16. The van der Waals surface area contributed by atoms with E-state index in [9.17, 15) is 4.79 Å². The van der Waals surface area contributed by atoms with Gasteiger partial charge in [-0.3, -0.25) is 4.79 Å². The summed E-state index contributed by atoms with van der Waals surface area (Å²) in [5.74, 6) is -0.0165. The Balaban J connectivity index is 2.51. The first kappa shape index (κ1) is 12.0. The second kappa shape index (κ2) is 5.71. The Bertz CT molecular complexity index is 354. The van der Waals surface area contributed by atoms with E-state index in [2.05, 4.69) is 18.3 Å². The van der Waals surface area contributed by atoms with Crippen molar-refractivity contribution in [2.45, 2.75) is 33.2 Å². The van der Waals surface area contributed by atoms with Gasteiger partial charge >= 0.3 is 0 Å². The van der Waals surface area contributed by atoms with Gasteiger partial charge < -0.3 is 5.32 Å². The average molecular weight is 223 g/mol. The van der Waals surface area contributed by atoms with Crippen molar-refractivity contribution in [3.63, 3.8) is 0 Å². The molecular weight excluding hydrogens is 206 g/mol. The molecular formula is C12H17NOS. The van der Waals surface area contributed by atoms with Gasteiger partial charge in [0.15, 0.2) is 0 Å². The highest BCUT2D eigenvalue weighted by Crippen LogP contribution is 2.16. The number of nitrogens with one attached hydrogen (secondary N) is 1. The molecule has 1 aromatic rings. The van der Waals surface area contributed by atoms with E-state index in [4.69, 9.17) is 0 Å². The molecule has 0 aliphatic heterocycles. The number of rotatable bonds is 4. The van der Waals surface area contributed by atoms with E-state index in [1.165, 1.54) is 5.56 Å². The summed E-state index contributed by atoms with van der Waals surface area (Å²) in [7, 11) is 0. The summed E-state index contributed by atoms with van der Waals surface area (Å²) in [5, 5.41) is 4.92. The molecule has 82 valence electrons. The van der Waals surface area contributed by atoms with Crippen LogP contribution in [0.5, 0.6) is 0 Å². The summed E-state index contributed by atoms with van der Waals surface area (Å²) in [5.41, 5.74) is 1.22. The van der Waals surface area contributed by atoms with Crippen LogP contribution < -0.4 is 5.32 Å². The molecule has 15 heavy (non-hydrogen) atoms. The fourth-order valence-corrected chi connectivity index (χ4v) is 1.92. The third-order valence-corrected chi connectivity index (χ3v) is 3.27. The normalized spacial score (nSPS) is 13.0. The number of carbonyl (C=O) groups is 1. The Morgan fingerprint density at radius 2 is 2.40 bits per heavy atom. The molecule has 2 nitrogen and oxygen atoms in total. The van der Waals surface area contributed by atoms with E-state index in [0.29, 0.717) is 0 Å². The molecule has 0 aliphatic carbocycles. The van der Waals surface area contributed by atoms with Crippen molar-refractivity contribution in [3.05, 3.63) is 28.0 Å². The van der Waals surface area contributed by atoms with Crippen LogP contribution in [0.3, 0.4) is 0 Å². The summed E-state index contributed by atoms with van der Waals surface area (Å²) < 4.78 is 0. The van der Waals surface area contributed by atoms with Crippen LogP contribution in [0.1, 0.15) is 30.7 Å². The topological polar surface area (TPSA) is 29.1 Å². The van der Waals surface area contributed by atoms with Crippen LogP contribution in [-0.2, 0) is 4.79 Å². The summed E-state index contributed by atoms with van der Waals surface area (Å²) >= 11 is 1.65. The maximum atomic E-state index is 11.4. The van der Waals surface area contributed by atoms with Crippen molar-refractivity contribution in [1.29, 1.82) is 0 Å². The minimum absolute atomic E-state index is 0.0165. The van der Waals surface area contributed by atoms with Crippen molar-refractivity contribution < 1.29 is 4.79 Å². The Kier molecular flexibility index (Phi) is 4.56. The van der Waals surface area contributed by atoms with Crippen LogP contribution in [-0.4, -0.2) is 11.9 Å². The fourth-order valence-electron chi connectivity index (χ4n) is 1.10. The van der Waals surface area contributed by atoms with Gasteiger partial charge in [0.1, 0.15) is 0 Å². The molecule has 3 heteroatoms. The van der Waals surface area contributed by atoms with E-state index in [-0.39, 0.29) is 11.9 Å². The SMILES string of the molecule is CC[C@@H](C)NC(=O)/C=C\c1sccc1C. The molecule has 1 atom stereocenters. The smallest absolute Gasteiger partial charge is 0.244 e. The summed E-state index contributed by atoms with van der Waals surface area (Å²) in [6.07, 6.45) is 4.43. The zero-order valence-corrected chi connectivity index (χ0v) is 10.2. The fraction of sp³-hybridized carbons (Fsp3) is 0.417. The van der Waals surface area contributed by atoms with E-state index >= 15 is 0 Å². The predicted octanol–water partition coefficient (Wildman–Crippen LogP) is 2.98. The first-order valence-corrected chi connectivity index (χ1v) is 6.04. The lowest BCUT2D eigenvalue weighted by molar-refractivity contribution is -0.117. The van der Waals surface area contributed by atoms with Crippen molar-refractivity contribution in [2.24, 2.45) is 0 Å². The molecule has 0 bridgehead atoms. The van der Waals surface area contributed by atoms with E-state index in [1.807, 2.05) is 25.3 Å². The second-order valence-electron chi connectivity index (χ2n) is 3.62. The van der Waals surface area contributed by atoms with Crippen molar-refractivity contribution in [2.75, 3.05) is 0 Å². The molecule has 1 rings (SSSR count). The van der Waals surface area contributed by atoms with E-state index < -0.39 is 0 Å². The average Bonchev–Trinajstić information content (AvgIpc) is 2.61. The van der Waals surface area contributed by atoms with Gasteiger partial charge in [0.2, 0.25) is 5.91 Å². The van der Waals surface area contributed by atoms with Crippen LogP contribution in [0.25, 0.3) is 6.08 Å². The van der Waals surface area contributed by atoms with Gasteiger partial charge in [-0.2, -0.15) is 0 Å². The number of thiophene rings is 1. The van der Waals surface area contributed by atoms with Gasteiger partial charge in [-0.1, -0.05) is 6.92 Å². The highest BCUT2D eigenvalue weighted by molar-refractivity contribution is 7.11. The first-order chi connectivity index (χ1) is 7.13. The Labute approximate surface area is 95.0 Å². The molecule has 0 saturated carbocycles. The maximum absolute atomic E-state index is 11.4. The monoisotopic (exact) mass is 223 g/mol. The van der Waals surface area contributed by atoms with Crippen LogP contribution >= 0.6 is 11.3 Å². The predicted molar refractivity (Wildman–Crippen MR) is 66.0 cm³/mol. The molecule has 1 N–H and O–H groups in total. The second-order valence-corrected chi connectivity index (χ2v) is 4.57. The summed E-state index contributed by atoms with van der Waals surface area (Å²) in [6, 6.07) is 2.29. The number of hydrogen-bond donors (Lipinski definition) is 1. The quantitative estimate of drug-likeness (QED) is 0.781. The van der Waals surface area contributed by atoms with Crippen LogP contribution in [0.15, 0.2) is 17.5 Å². The zero-order valence-electron chi connectivity index (χ0n) is 9.41. The van der Waals surface area contributed by atoms with E-state index in [0.717, 1.165) is 11.3 Å². The molecule has 1 amide bonds. The molecule has 0 aliphatic rings. The Hall–Kier alpha value is -1.09. The van der Waals surface area contributed by atoms with Crippen molar-refractivity contribution in [3.8, 4) is 0 Å². The third kappa shape index (κ3) is 3.88. The maximum Gasteiger partial charge on any atom is 0.244 e. The number of amides is 1. The van der Waals surface area contributed by atoms with E-state index in [1.54, 1.807) is 17.4 Å². The molecule has 1 aromatic heterocycles. The van der Waals surface area contributed by atoms with Gasteiger partial charge in [-0.25, -0.2) is 0 Å². The lowest BCUT2D eigenvalue weighted by Crippen LogP contribution is -2.30. The van der Waals surface area contributed by atoms with Crippen LogP contribution in [0.4, 0.5) is 0 Å². The Morgan fingerprint density at radius 1 is 1.67 bits per heavy atom. The van der Waals surface area contributed by atoms with Gasteiger partial charge in [0.05, 0.1) is 0 Å². The van der Waals surface area contributed by atoms with Crippen LogP contribution in [0.2, 0.25) is 0 Å². The molecule has 0 saturated heterocycles. The number of hydrogen-bond acceptors (Lipinski definition) is 2. The third-order valence-electron chi connectivity index (χ3n) is 2.29. The molecule has 0 radical (unpaired) electrons. The highest BCUT2D eigenvalue weighted by atomic mass is 32.1. The van der Waals surface area contributed by atoms with Crippen LogP contribution in [0, 0.1) is 6.92 Å². The lowest BCUT2D eigenvalue weighted by Gasteiger charge is -2.08. The molecule has 0 fully saturated rings. The molecule has 0 unspecified atom stereocenters. The summed E-state index contributed by atoms with van der Waals surface area (Å²) in [6.45, 7) is 6.10. The molecule has 0 spiro atoms. The van der Waals surface area contributed by atoms with Gasteiger partial charge in [-0.05, 0) is 43.4 Å². The van der Waals surface area contributed by atoms with Gasteiger partial charge in [0.25, 0.3) is 0 Å². The Morgan fingerprint density at radius 3 is 2.93 bits per heavy atom. The zero-order chi connectivity index (χ0) is 11.3. The van der Waals surface area contributed by atoms with Gasteiger partial charge in [-0.15, -0.1) is 11.3 Å². The van der Waals surface area contributed by atoms with Gasteiger partial charge in [0, 0.05) is 17.0 Å². The minimum atomic E-state index is -0.0165. The highest BCUT2D eigenvalue weighted by Gasteiger charge is 2.01. The summed E-state index contributed by atoms with van der Waals surface area (Å²) in [4.78, 5) is 12.6. The number of carbonyl (C=O) groups excluding carboxylic acids is 1. The molecule has 1 heterocycles. The number of aryl methyl sites for hydroxylation is 1. The minimum Gasteiger partial charge on any atom is -0.350 e. The van der Waals surface area contributed by atoms with Crippen molar-refractivity contribution in [1.82, 2.24) is 5.32 Å². The standard InChI is InChI=1S/C12H17NOS/c1-4-10(3)13-12(14)6-5-11-9(2)7-8-15-11/h5-8,10H,4H2,1-3H3,(H,13,14)/b6-5-/t10-/m1/s1. The largest absolute Gasteiger partial charge is 0.350 e. The molecule has 0 aromatic carbocycles.